The molecule has 1 aliphatic rings. The highest BCUT2D eigenvalue weighted by molar-refractivity contribution is 5.84. The molecule has 6 heteroatoms. The van der Waals surface area contributed by atoms with Gasteiger partial charge in [-0.15, -0.1) is 0 Å². The molecule has 27 heavy (non-hydrogen) atoms. The van der Waals surface area contributed by atoms with E-state index in [9.17, 15) is 4.79 Å². The smallest absolute Gasteiger partial charge is 0.349 e. The monoisotopic (exact) mass is 361 g/mol. The fourth-order valence-corrected chi connectivity index (χ4v) is 3.50. The molecule has 0 spiro atoms. The Bertz CT molecular complexity index is 1150. The van der Waals surface area contributed by atoms with Gasteiger partial charge >= 0.3 is 5.63 Å². The maximum absolute atomic E-state index is 12.6. The van der Waals surface area contributed by atoms with Crippen LogP contribution in [0, 0.1) is 0 Å². The predicted octanol–water partition coefficient (Wildman–Crippen LogP) is 3.35. The van der Waals surface area contributed by atoms with Crippen molar-refractivity contribution in [3.63, 3.8) is 0 Å². The van der Waals surface area contributed by atoms with E-state index in [1.54, 1.807) is 6.07 Å². The SMILES string of the molecule is CN1CCN(c2ccc3cc(-c4nc5ccccc5o4)c(=O)oc3c2)CC1. The second kappa shape index (κ2) is 6.25. The third-order valence-corrected chi connectivity index (χ3v) is 5.11. The fourth-order valence-electron chi connectivity index (χ4n) is 3.50. The lowest BCUT2D eigenvalue weighted by molar-refractivity contribution is 0.313. The molecule has 0 saturated carbocycles. The molecule has 0 unspecified atom stereocenters. The summed E-state index contributed by atoms with van der Waals surface area (Å²) in [4.78, 5) is 21.6. The van der Waals surface area contributed by atoms with E-state index in [1.807, 2.05) is 36.4 Å². The van der Waals surface area contributed by atoms with Gasteiger partial charge in [0.25, 0.3) is 0 Å². The lowest BCUT2D eigenvalue weighted by atomic mass is 10.1. The molecule has 0 radical (unpaired) electrons. The second-order valence-corrected chi connectivity index (χ2v) is 6.95. The van der Waals surface area contributed by atoms with Gasteiger partial charge in [-0.05, 0) is 37.4 Å². The summed E-state index contributed by atoms with van der Waals surface area (Å²) in [6.07, 6.45) is 0. The predicted molar refractivity (Wildman–Crippen MR) is 105 cm³/mol. The fraction of sp³-hybridized carbons (Fsp3) is 0.238. The van der Waals surface area contributed by atoms with E-state index in [0.717, 1.165) is 42.8 Å². The van der Waals surface area contributed by atoms with Crippen molar-refractivity contribution in [3.8, 4) is 11.5 Å². The van der Waals surface area contributed by atoms with Crippen molar-refractivity contribution in [1.29, 1.82) is 0 Å². The minimum atomic E-state index is -0.440. The Hall–Kier alpha value is -3.12. The number of oxazole rings is 1. The molecular weight excluding hydrogens is 342 g/mol. The second-order valence-electron chi connectivity index (χ2n) is 6.95. The summed E-state index contributed by atoms with van der Waals surface area (Å²) in [6.45, 7) is 3.98. The van der Waals surface area contributed by atoms with Gasteiger partial charge in [0.1, 0.15) is 16.7 Å². The van der Waals surface area contributed by atoms with Crippen LogP contribution in [0.25, 0.3) is 33.5 Å². The molecule has 3 heterocycles. The molecule has 0 aliphatic carbocycles. The van der Waals surface area contributed by atoms with Crippen molar-refractivity contribution < 1.29 is 8.83 Å². The van der Waals surface area contributed by atoms with Crippen LogP contribution in [-0.2, 0) is 0 Å². The average Bonchev–Trinajstić information content (AvgIpc) is 3.11. The van der Waals surface area contributed by atoms with Crippen LogP contribution >= 0.6 is 0 Å². The molecule has 0 bridgehead atoms. The van der Waals surface area contributed by atoms with Crippen LogP contribution in [0.5, 0.6) is 0 Å². The molecule has 1 fully saturated rings. The van der Waals surface area contributed by atoms with Gasteiger partial charge in [-0.3, -0.25) is 0 Å². The van der Waals surface area contributed by atoms with Crippen LogP contribution in [0.1, 0.15) is 0 Å². The zero-order chi connectivity index (χ0) is 18.4. The zero-order valence-corrected chi connectivity index (χ0v) is 15.0. The maximum Gasteiger partial charge on any atom is 0.349 e. The Morgan fingerprint density at radius 1 is 0.926 bits per heavy atom. The first-order valence-electron chi connectivity index (χ1n) is 9.05. The van der Waals surface area contributed by atoms with Gasteiger partial charge in [0.2, 0.25) is 5.89 Å². The minimum Gasteiger partial charge on any atom is -0.436 e. The average molecular weight is 361 g/mol. The van der Waals surface area contributed by atoms with Crippen LogP contribution < -0.4 is 10.5 Å². The summed E-state index contributed by atoms with van der Waals surface area (Å²) < 4.78 is 11.3. The molecule has 2 aromatic heterocycles. The van der Waals surface area contributed by atoms with Gasteiger partial charge < -0.3 is 18.6 Å². The molecule has 1 saturated heterocycles. The zero-order valence-electron chi connectivity index (χ0n) is 15.0. The Morgan fingerprint density at radius 3 is 2.56 bits per heavy atom. The van der Waals surface area contributed by atoms with Gasteiger partial charge in [0.05, 0.1) is 0 Å². The van der Waals surface area contributed by atoms with Gasteiger partial charge in [0, 0.05) is 43.3 Å². The van der Waals surface area contributed by atoms with E-state index in [-0.39, 0.29) is 5.89 Å². The van der Waals surface area contributed by atoms with Crippen LogP contribution in [0.15, 0.2) is 62.2 Å². The topological polar surface area (TPSA) is 62.7 Å². The van der Waals surface area contributed by atoms with Crippen LogP contribution in [0.3, 0.4) is 0 Å². The normalized spacial score (nSPS) is 15.7. The number of likely N-dealkylation sites (N-methyl/N-ethyl adjacent to an activating group) is 1. The number of fused-ring (bicyclic) bond motifs is 2. The molecule has 6 nitrogen and oxygen atoms in total. The molecule has 0 atom stereocenters. The molecule has 2 aromatic carbocycles. The van der Waals surface area contributed by atoms with Gasteiger partial charge in [-0.2, -0.15) is 0 Å². The molecular formula is C21H19N3O3. The van der Waals surface area contributed by atoms with E-state index in [1.165, 1.54) is 0 Å². The minimum absolute atomic E-state index is 0.287. The standard InChI is InChI=1S/C21H19N3O3/c1-23-8-10-24(11-9-23)15-7-6-14-12-16(21(25)27-19(14)13-15)20-22-17-4-2-3-5-18(17)26-20/h2-7,12-13H,8-11H2,1H3. The molecule has 0 amide bonds. The maximum atomic E-state index is 12.6. The van der Waals surface area contributed by atoms with E-state index in [4.69, 9.17) is 8.83 Å². The number of para-hydroxylation sites is 2. The third-order valence-electron chi connectivity index (χ3n) is 5.11. The van der Waals surface area contributed by atoms with Gasteiger partial charge in [-0.25, -0.2) is 9.78 Å². The van der Waals surface area contributed by atoms with E-state index in [2.05, 4.69) is 27.9 Å². The first-order valence-corrected chi connectivity index (χ1v) is 9.05. The summed E-state index contributed by atoms with van der Waals surface area (Å²) in [6, 6.07) is 15.2. The Kier molecular flexibility index (Phi) is 3.72. The van der Waals surface area contributed by atoms with Crippen molar-refractivity contribution in [2.24, 2.45) is 0 Å². The first-order chi connectivity index (χ1) is 13.2. The van der Waals surface area contributed by atoms with Crippen molar-refractivity contribution in [2.45, 2.75) is 0 Å². The van der Waals surface area contributed by atoms with Gasteiger partial charge in [0.15, 0.2) is 5.58 Å². The van der Waals surface area contributed by atoms with Crippen LogP contribution in [0.4, 0.5) is 5.69 Å². The highest BCUT2D eigenvalue weighted by Crippen LogP contribution is 2.27. The number of piperazine rings is 1. The molecule has 4 aromatic rings. The quantitative estimate of drug-likeness (QED) is 0.510. The Morgan fingerprint density at radius 2 is 1.74 bits per heavy atom. The van der Waals surface area contributed by atoms with E-state index >= 15 is 0 Å². The molecule has 0 N–H and O–H groups in total. The van der Waals surface area contributed by atoms with E-state index < -0.39 is 5.63 Å². The van der Waals surface area contributed by atoms with Crippen molar-refractivity contribution >= 4 is 27.8 Å². The van der Waals surface area contributed by atoms with Crippen LogP contribution in [0.2, 0.25) is 0 Å². The first kappa shape index (κ1) is 16.1. The highest BCUT2D eigenvalue weighted by atomic mass is 16.4. The molecule has 1 aliphatic heterocycles. The lowest BCUT2D eigenvalue weighted by Crippen LogP contribution is -2.44. The number of anilines is 1. The number of benzene rings is 2. The van der Waals surface area contributed by atoms with Crippen molar-refractivity contribution in [3.05, 3.63) is 59.0 Å². The number of hydrogen-bond acceptors (Lipinski definition) is 6. The Labute approximate surface area is 155 Å². The summed E-state index contributed by atoms with van der Waals surface area (Å²) in [7, 11) is 2.13. The summed E-state index contributed by atoms with van der Waals surface area (Å²) in [5.41, 5.74) is 2.93. The lowest BCUT2D eigenvalue weighted by Gasteiger charge is -2.34. The van der Waals surface area contributed by atoms with Gasteiger partial charge in [-0.1, -0.05) is 12.1 Å². The summed E-state index contributed by atoms with van der Waals surface area (Å²) >= 11 is 0. The largest absolute Gasteiger partial charge is 0.436 e. The van der Waals surface area contributed by atoms with E-state index in [0.29, 0.717) is 16.7 Å². The Balaban J connectivity index is 1.55. The van der Waals surface area contributed by atoms with Crippen molar-refractivity contribution in [1.82, 2.24) is 9.88 Å². The summed E-state index contributed by atoms with van der Waals surface area (Å²) in [5, 5.41) is 0.852. The van der Waals surface area contributed by atoms with Crippen molar-refractivity contribution in [2.75, 3.05) is 38.1 Å². The van der Waals surface area contributed by atoms with Crippen LogP contribution in [-0.4, -0.2) is 43.1 Å². The molecule has 136 valence electrons. The number of aromatic nitrogens is 1. The molecule has 5 rings (SSSR count). The number of rotatable bonds is 2. The summed E-state index contributed by atoms with van der Waals surface area (Å²) in [5.74, 6) is 0.287. The number of hydrogen-bond donors (Lipinski definition) is 0. The highest BCUT2D eigenvalue weighted by Gasteiger charge is 2.17. The third kappa shape index (κ3) is 2.88. The number of nitrogens with zero attached hydrogens (tertiary/aromatic N) is 3.